The summed E-state index contributed by atoms with van der Waals surface area (Å²) in [6.45, 7) is 6.29. The quantitative estimate of drug-likeness (QED) is 0.649. The van der Waals surface area contributed by atoms with E-state index < -0.39 is 10.0 Å². The van der Waals surface area contributed by atoms with Crippen molar-refractivity contribution in [1.29, 1.82) is 0 Å². The molecule has 0 aliphatic carbocycles. The van der Waals surface area contributed by atoms with Crippen molar-refractivity contribution in [3.8, 4) is 5.75 Å². The predicted molar refractivity (Wildman–Crippen MR) is 105 cm³/mol. The van der Waals surface area contributed by atoms with Crippen LogP contribution in [0.1, 0.15) is 18.1 Å². The van der Waals surface area contributed by atoms with Crippen LogP contribution in [0.2, 0.25) is 0 Å². The number of ether oxygens (including phenoxy) is 1. The van der Waals surface area contributed by atoms with Gasteiger partial charge in [-0.05, 0) is 56.2 Å². The summed E-state index contributed by atoms with van der Waals surface area (Å²) >= 11 is 0. The molecule has 144 valence electrons. The van der Waals surface area contributed by atoms with Gasteiger partial charge in [-0.3, -0.25) is 4.57 Å². The smallest absolute Gasteiger partial charge is 0.326 e. The van der Waals surface area contributed by atoms with Gasteiger partial charge < -0.3 is 9.72 Å². The minimum atomic E-state index is -3.70. The predicted octanol–water partition coefficient (Wildman–Crippen LogP) is 2.32. The molecule has 0 aliphatic heterocycles. The summed E-state index contributed by atoms with van der Waals surface area (Å²) < 4.78 is 35.0. The lowest BCUT2D eigenvalue weighted by Crippen LogP contribution is -2.30. The first-order chi connectivity index (χ1) is 12.8. The topological polar surface area (TPSA) is 93.2 Å². The average molecular weight is 389 g/mol. The zero-order valence-corrected chi connectivity index (χ0v) is 16.4. The highest BCUT2D eigenvalue weighted by atomic mass is 32.2. The van der Waals surface area contributed by atoms with Gasteiger partial charge in [0.1, 0.15) is 5.75 Å². The zero-order valence-electron chi connectivity index (χ0n) is 15.6. The van der Waals surface area contributed by atoms with Gasteiger partial charge in [0.2, 0.25) is 10.0 Å². The molecule has 0 unspecified atom stereocenters. The number of aromatic nitrogens is 2. The monoisotopic (exact) mass is 389 g/mol. The zero-order chi connectivity index (χ0) is 19.6. The Hall–Kier alpha value is -2.58. The molecule has 0 saturated heterocycles. The van der Waals surface area contributed by atoms with Crippen LogP contribution in [0.15, 0.2) is 46.1 Å². The van der Waals surface area contributed by atoms with Crippen molar-refractivity contribution < 1.29 is 13.2 Å². The SMILES string of the molecule is CCOc1cc(C)c(S(=O)(=O)NCCn2c(=O)[nH]c3ccccc32)cc1C. The molecule has 3 rings (SSSR count). The highest BCUT2D eigenvalue weighted by Gasteiger charge is 2.19. The van der Waals surface area contributed by atoms with Crippen molar-refractivity contribution in [1.82, 2.24) is 14.3 Å². The van der Waals surface area contributed by atoms with E-state index >= 15 is 0 Å². The van der Waals surface area contributed by atoms with Gasteiger partial charge in [-0.15, -0.1) is 0 Å². The van der Waals surface area contributed by atoms with Crippen molar-refractivity contribution in [2.45, 2.75) is 32.2 Å². The molecule has 1 heterocycles. The maximum Gasteiger partial charge on any atom is 0.326 e. The van der Waals surface area contributed by atoms with Gasteiger partial charge in [-0.2, -0.15) is 0 Å². The first kappa shape index (κ1) is 19.2. The molecule has 0 amide bonds. The number of nitrogens with one attached hydrogen (secondary N) is 2. The van der Waals surface area contributed by atoms with Crippen LogP contribution in [0.3, 0.4) is 0 Å². The lowest BCUT2D eigenvalue weighted by molar-refractivity contribution is 0.337. The van der Waals surface area contributed by atoms with E-state index in [1.807, 2.05) is 38.1 Å². The van der Waals surface area contributed by atoms with Crippen molar-refractivity contribution >= 4 is 21.1 Å². The maximum atomic E-state index is 12.7. The second kappa shape index (κ2) is 7.58. The normalized spacial score (nSPS) is 11.8. The fourth-order valence-corrected chi connectivity index (χ4v) is 4.39. The third kappa shape index (κ3) is 3.91. The Morgan fingerprint density at radius 2 is 1.89 bits per heavy atom. The van der Waals surface area contributed by atoms with Crippen molar-refractivity contribution in [2.24, 2.45) is 0 Å². The van der Waals surface area contributed by atoms with Crippen LogP contribution in [-0.2, 0) is 16.6 Å². The minimum absolute atomic E-state index is 0.107. The molecule has 0 radical (unpaired) electrons. The van der Waals surface area contributed by atoms with E-state index in [0.717, 1.165) is 16.6 Å². The van der Waals surface area contributed by atoms with Crippen LogP contribution in [0, 0.1) is 13.8 Å². The molecule has 2 N–H and O–H groups in total. The number of imidazole rings is 1. The first-order valence-corrected chi connectivity index (χ1v) is 10.2. The average Bonchev–Trinajstić information content (AvgIpc) is 2.93. The Morgan fingerprint density at radius 3 is 2.63 bits per heavy atom. The Bertz CT molecular complexity index is 1130. The van der Waals surface area contributed by atoms with Crippen LogP contribution in [0.5, 0.6) is 5.75 Å². The van der Waals surface area contributed by atoms with Gasteiger partial charge in [0.25, 0.3) is 0 Å². The van der Waals surface area contributed by atoms with Crippen LogP contribution in [0.25, 0.3) is 11.0 Å². The lowest BCUT2D eigenvalue weighted by Gasteiger charge is -2.14. The van der Waals surface area contributed by atoms with E-state index in [2.05, 4.69) is 9.71 Å². The number of benzene rings is 2. The summed E-state index contributed by atoms with van der Waals surface area (Å²) in [5.41, 5.74) is 2.58. The first-order valence-electron chi connectivity index (χ1n) is 8.74. The molecule has 3 aromatic rings. The Labute approximate surface area is 158 Å². The summed E-state index contributed by atoms with van der Waals surface area (Å²) in [7, 11) is -3.70. The standard InChI is InChI=1S/C19H23N3O4S/c1-4-26-17-11-14(3)18(12-13(17)2)27(24,25)20-9-10-22-16-8-6-5-7-15(16)21-19(22)23/h5-8,11-12,20H,4,9-10H2,1-3H3,(H,21,23). The second-order valence-corrected chi connectivity index (χ2v) is 8.05. The summed E-state index contributed by atoms with van der Waals surface area (Å²) in [5.74, 6) is 0.680. The molecular weight excluding hydrogens is 366 g/mol. The largest absolute Gasteiger partial charge is 0.494 e. The molecule has 0 spiro atoms. The van der Waals surface area contributed by atoms with E-state index in [1.54, 1.807) is 19.1 Å². The number of H-pyrrole nitrogens is 1. The molecule has 0 bridgehead atoms. The van der Waals surface area contributed by atoms with Crippen LogP contribution >= 0.6 is 0 Å². The van der Waals surface area contributed by atoms with E-state index in [9.17, 15) is 13.2 Å². The summed E-state index contributed by atoms with van der Waals surface area (Å²) in [6, 6.07) is 10.6. The Kier molecular flexibility index (Phi) is 5.38. The fraction of sp³-hybridized carbons (Fsp3) is 0.316. The Balaban J connectivity index is 1.78. The molecular formula is C19H23N3O4S. The summed E-state index contributed by atoms with van der Waals surface area (Å²) in [4.78, 5) is 15.1. The number of fused-ring (bicyclic) bond motifs is 1. The molecule has 7 nitrogen and oxygen atoms in total. The number of aromatic amines is 1. The number of nitrogens with zero attached hydrogens (tertiary/aromatic N) is 1. The number of para-hydroxylation sites is 2. The van der Waals surface area contributed by atoms with Crippen LogP contribution in [0.4, 0.5) is 0 Å². The third-order valence-corrected chi connectivity index (χ3v) is 5.97. The van der Waals surface area contributed by atoms with Gasteiger partial charge in [-0.25, -0.2) is 17.9 Å². The van der Waals surface area contributed by atoms with Crippen LogP contribution < -0.4 is 15.1 Å². The second-order valence-electron chi connectivity index (χ2n) is 6.31. The lowest BCUT2D eigenvalue weighted by atomic mass is 10.1. The fourth-order valence-electron chi connectivity index (χ4n) is 3.06. The van der Waals surface area contributed by atoms with Crippen molar-refractivity contribution in [3.63, 3.8) is 0 Å². The Morgan fingerprint density at radius 1 is 1.15 bits per heavy atom. The number of hydrogen-bond donors (Lipinski definition) is 2. The van der Waals surface area contributed by atoms with E-state index in [4.69, 9.17) is 4.74 Å². The van der Waals surface area contributed by atoms with Gasteiger partial charge in [0.05, 0.1) is 22.5 Å². The molecule has 0 atom stereocenters. The van der Waals surface area contributed by atoms with Gasteiger partial charge in [0, 0.05) is 13.1 Å². The van der Waals surface area contributed by atoms with Crippen molar-refractivity contribution in [2.75, 3.05) is 13.2 Å². The number of aryl methyl sites for hydroxylation is 2. The van der Waals surface area contributed by atoms with E-state index in [0.29, 0.717) is 17.9 Å². The molecule has 2 aromatic carbocycles. The van der Waals surface area contributed by atoms with Gasteiger partial charge in [-0.1, -0.05) is 12.1 Å². The van der Waals surface area contributed by atoms with Gasteiger partial charge >= 0.3 is 5.69 Å². The molecule has 27 heavy (non-hydrogen) atoms. The summed E-state index contributed by atoms with van der Waals surface area (Å²) in [6.07, 6.45) is 0. The maximum absolute atomic E-state index is 12.7. The molecule has 0 fully saturated rings. The molecule has 0 saturated carbocycles. The van der Waals surface area contributed by atoms with E-state index in [1.165, 1.54) is 4.57 Å². The summed E-state index contributed by atoms with van der Waals surface area (Å²) in [5, 5.41) is 0. The third-order valence-electron chi connectivity index (χ3n) is 4.37. The van der Waals surface area contributed by atoms with Crippen LogP contribution in [-0.4, -0.2) is 31.1 Å². The molecule has 0 aliphatic rings. The number of rotatable bonds is 7. The number of hydrogen-bond acceptors (Lipinski definition) is 4. The van der Waals surface area contributed by atoms with Gasteiger partial charge in [0.15, 0.2) is 0 Å². The molecule has 1 aromatic heterocycles. The minimum Gasteiger partial charge on any atom is -0.494 e. The van der Waals surface area contributed by atoms with Crippen molar-refractivity contribution in [3.05, 3.63) is 58.0 Å². The molecule has 8 heteroatoms. The highest BCUT2D eigenvalue weighted by molar-refractivity contribution is 7.89. The highest BCUT2D eigenvalue weighted by Crippen LogP contribution is 2.25. The number of sulfonamides is 1. The van der Waals surface area contributed by atoms with E-state index in [-0.39, 0.29) is 23.7 Å².